The first-order chi connectivity index (χ1) is 12.7. The molecule has 0 saturated carbocycles. The van der Waals surface area contributed by atoms with Crippen molar-refractivity contribution >= 4 is 5.91 Å². The van der Waals surface area contributed by atoms with Crippen molar-refractivity contribution in [2.24, 2.45) is 0 Å². The van der Waals surface area contributed by atoms with Crippen molar-refractivity contribution in [3.63, 3.8) is 0 Å². The quantitative estimate of drug-likeness (QED) is 0.761. The first-order valence-corrected chi connectivity index (χ1v) is 7.82. The number of carbonyl (C=O) groups is 1. The number of hydrogen-bond donors (Lipinski definition) is 1. The van der Waals surface area contributed by atoms with Gasteiger partial charge in [0.2, 0.25) is 5.88 Å². The second-order valence-corrected chi connectivity index (χ2v) is 5.34. The van der Waals surface area contributed by atoms with E-state index in [0.717, 1.165) is 0 Å². The molecule has 1 N–H and O–H groups in total. The minimum absolute atomic E-state index is 0.0496. The molecule has 5 nitrogen and oxygen atoms in total. The van der Waals surface area contributed by atoms with Gasteiger partial charge in [0.15, 0.2) is 11.6 Å². The summed E-state index contributed by atoms with van der Waals surface area (Å²) in [5.41, 5.74) is 1.16. The SMILES string of the molecule is N#Cc1ccccc1C(=O)NCc1cccnc1Oc1ccccc1F. The van der Waals surface area contributed by atoms with Gasteiger partial charge in [-0.3, -0.25) is 4.79 Å². The zero-order valence-corrected chi connectivity index (χ0v) is 13.6. The third-order valence-electron chi connectivity index (χ3n) is 3.62. The molecule has 0 radical (unpaired) electrons. The number of nitriles is 1. The molecule has 0 spiro atoms. The summed E-state index contributed by atoms with van der Waals surface area (Å²) in [7, 11) is 0. The molecule has 1 amide bonds. The van der Waals surface area contributed by atoms with Crippen LogP contribution in [0.2, 0.25) is 0 Å². The number of nitrogens with one attached hydrogen (secondary N) is 1. The first-order valence-electron chi connectivity index (χ1n) is 7.82. The van der Waals surface area contributed by atoms with Gasteiger partial charge in [0.25, 0.3) is 5.91 Å². The highest BCUT2D eigenvalue weighted by Crippen LogP contribution is 2.25. The molecule has 2 aromatic carbocycles. The maximum Gasteiger partial charge on any atom is 0.252 e. The topological polar surface area (TPSA) is 75.0 Å². The molecule has 0 aliphatic rings. The monoisotopic (exact) mass is 347 g/mol. The zero-order chi connectivity index (χ0) is 18.4. The second kappa shape index (κ2) is 7.90. The summed E-state index contributed by atoms with van der Waals surface area (Å²) in [5.74, 6) is -0.640. The molecule has 128 valence electrons. The predicted molar refractivity (Wildman–Crippen MR) is 93.0 cm³/mol. The number of hydrogen-bond acceptors (Lipinski definition) is 4. The summed E-state index contributed by atoms with van der Waals surface area (Å²) in [5, 5.41) is 11.8. The lowest BCUT2D eigenvalue weighted by atomic mass is 10.1. The molecular formula is C20H14FN3O2. The Kier molecular flexibility index (Phi) is 5.20. The van der Waals surface area contributed by atoms with Crippen molar-refractivity contribution in [3.8, 4) is 17.7 Å². The molecule has 0 saturated heterocycles. The number of carbonyl (C=O) groups excluding carboxylic acids is 1. The van der Waals surface area contributed by atoms with Crippen LogP contribution in [-0.4, -0.2) is 10.9 Å². The number of amides is 1. The molecule has 0 atom stereocenters. The van der Waals surface area contributed by atoms with Crippen molar-refractivity contribution in [2.45, 2.75) is 6.54 Å². The molecule has 1 heterocycles. The summed E-state index contributed by atoms with van der Waals surface area (Å²) in [6.07, 6.45) is 1.52. The average molecular weight is 347 g/mol. The average Bonchev–Trinajstić information content (AvgIpc) is 2.68. The van der Waals surface area contributed by atoms with Gasteiger partial charge < -0.3 is 10.1 Å². The summed E-state index contributed by atoms with van der Waals surface area (Å²) in [6, 6.07) is 17.9. The fourth-order valence-corrected chi connectivity index (χ4v) is 2.33. The Labute approximate surface area is 149 Å². The Bertz CT molecular complexity index is 983. The van der Waals surface area contributed by atoms with E-state index in [1.165, 1.54) is 18.3 Å². The number of halogens is 1. The van der Waals surface area contributed by atoms with E-state index in [0.29, 0.717) is 11.1 Å². The van der Waals surface area contributed by atoms with Gasteiger partial charge in [-0.2, -0.15) is 5.26 Å². The van der Waals surface area contributed by atoms with Gasteiger partial charge in [0.05, 0.1) is 17.2 Å². The summed E-state index contributed by atoms with van der Waals surface area (Å²) in [6.45, 7) is 0.121. The smallest absolute Gasteiger partial charge is 0.252 e. The largest absolute Gasteiger partial charge is 0.436 e. The maximum atomic E-state index is 13.8. The van der Waals surface area contributed by atoms with Crippen LogP contribution < -0.4 is 10.1 Å². The molecular weight excluding hydrogens is 333 g/mol. The molecule has 3 aromatic rings. The van der Waals surface area contributed by atoms with Crippen LogP contribution in [0.1, 0.15) is 21.5 Å². The molecule has 26 heavy (non-hydrogen) atoms. The summed E-state index contributed by atoms with van der Waals surface area (Å²) in [4.78, 5) is 16.4. The van der Waals surface area contributed by atoms with Crippen LogP contribution >= 0.6 is 0 Å². The van der Waals surface area contributed by atoms with Crippen LogP contribution in [0.15, 0.2) is 66.9 Å². The van der Waals surface area contributed by atoms with Crippen molar-refractivity contribution in [2.75, 3.05) is 0 Å². The predicted octanol–water partition coefficient (Wildman–Crippen LogP) is 3.81. The van der Waals surface area contributed by atoms with Gasteiger partial charge in [0.1, 0.15) is 0 Å². The van der Waals surface area contributed by atoms with E-state index in [1.807, 2.05) is 6.07 Å². The summed E-state index contributed by atoms with van der Waals surface area (Å²) >= 11 is 0. The highest BCUT2D eigenvalue weighted by Gasteiger charge is 2.13. The normalized spacial score (nSPS) is 10.0. The Morgan fingerprint density at radius 2 is 1.88 bits per heavy atom. The van der Waals surface area contributed by atoms with Gasteiger partial charge in [-0.25, -0.2) is 9.37 Å². The van der Waals surface area contributed by atoms with E-state index in [2.05, 4.69) is 10.3 Å². The molecule has 0 bridgehead atoms. The Balaban J connectivity index is 1.76. The van der Waals surface area contributed by atoms with Crippen LogP contribution in [0.25, 0.3) is 0 Å². The number of pyridine rings is 1. The number of benzene rings is 2. The van der Waals surface area contributed by atoms with E-state index < -0.39 is 5.82 Å². The summed E-state index contributed by atoms with van der Waals surface area (Å²) < 4.78 is 19.3. The maximum absolute atomic E-state index is 13.8. The van der Waals surface area contributed by atoms with Gasteiger partial charge in [-0.05, 0) is 30.3 Å². The third-order valence-corrected chi connectivity index (χ3v) is 3.62. The van der Waals surface area contributed by atoms with Crippen molar-refractivity contribution in [1.29, 1.82) is 5.26 Å². The van der Waals surface area contributed by atoms with Crippen LogP contribution in [0.3, 0.4) is 0 Å². The molecule has 1 aromatic heterocycles. The molecule has 0 unspecified atom stereocenters. The molecule has 6 heteroatoms. The number of nitrogens with zero attached hydrogens (tertiary/aromatic N) is 2. The lowest BCUT2D eigenvalue weighted by Crippen LogP contribution is -2.24. The Hall–Kier alpha value is -3.72. The van der Waals surface area contributed by atoms with Gasteiger partial charge in [-0.15, -0.1) is 0 Å². The molecule has 0 aliphatic carbocycles. The first kappa shape index (κ1) is 17.1. The van der Waals surface area contributed by atoms with E-state index in [-0.39, 0.29) is 29.6 Å². The standard InChI is InChI=1S/C20H14FN3O2/c21-17-9-3-4-10-18(17)26-20-15(7-5-11-23-20)13-24-19(25)16-8-2-1-6-14(16)12-22/h1-11H,13H2,(H,24,25). The fourth-order valence-electron chi connectivity index (χ4n) is 2.33. The van der Waals surface area contributed by atoms with Gasteiger partial charge >= 0.3 is 0 Å². The van der Waals surface area contributed by atoms with E-state index in [9.17, 15) is 9.18 Å². The van der Waals surface area contributed by atoms with E-state index >= 15 is 0 Å². The van der Waals surface area contributed by atoms with E-state index in [4.69, 9.17) is 10.00 Å². The minimum Gasteiger partial charge on any atom is -0.436 e. The fraction of sp³-hybridized carbons (Fsp3) is 0.0500. The lowest BCUT2D eigenvalue weighted by Gasteiger charge is -2.11. The number of aromatic nitrogens is 1. The van der Waals surface area contributed by atoms with Crippen molar-refractivity contribution in [1.82, 2.24) is 10.3 Å². The minimum atomic E-state index is -0.504. The van der Waals surface area contributed by atoms with Crippen LogP contribution in [0.5, 0.6) is 11.6 Å². The zero-order valence-electron chi connectivity index (χ0n) is 13.6. The number of para-hydroxylation sites is 1. The third kappa shape index (κ3) is 3.84. The lowest BCUT2D eigenvalue weighted by molar-refractivity contribution is 0.0950. The van der Waals surface area contributed by atoms with Gasteiger partial charge in [0, 0.05) is 18.3 Å². The van der Waals surface area contributed by atoms with Crippen LogP contribution in [-0.2, 0) is 6.54 Å². The number of rotatable bonds is 5. The van der Waals surface area contributed by atoms with E-state index in [1.54, 1.807) is 48.5 Å². The second-order valence-electron chi connectivity index (χ2n) is 5.34. The highest BCUT2D eigenvalue weighted by molar-refractivity contribution is 5.96. The molecule has 0 fully saturated rings. The van der Waals surface area contributed by atoms with Crippen molar-refractivity contribution in [3.05, 3.63) is 89.4 Å². The Morgan fingerprint density at radius 1 is 1.12 bits per heavy atom. The van der Waals surface area contributed by atoms with Crippen LogP contribution in [0.4, 0.5) is 4.39 Å². The van der Waals surface area contributed by atoms with Gasteiger partial charge in [-0.1, -0.05) is 30.3 Å². The van der Waals surface area contributed by atoms with Crippen LogP contribution in [0, 0.1) is 17.1 Å². The number of ether oxygens (including phenoxy) is 1. The Morgan fingerprint density at radius 3 is 2.69 bits per heavy atom. The van der Waals surface area contributed by atoms with Crippen molar-refractivity contribution < 1.29 is 13.9 Å². The molecule has 3 rings (SSSR count). The molecule has 0 aliphatic heterocycles. The highest BCUT2D eigenvalue weighted by atomic mass is 19.1.